The molecule has 1 aliphatic heterocycles. The third kappa shape index (κ3) is 3.21. The molecule has 1 atom stereocenters. The van der Waals surface area contributed by atoms with E-state index in [-0.39, 0.29) is 5.56 Å². The van der Waals surface area contributed by atoms with Gasteiger partial charge < -0.3 is 9.88 Å². The van der Waals surface area contributed by atoms with Crippen molar-refractivity contribution in [2.75, 3.05) is 13.1 Å². The van der Waals surface area contributed by atoms with Gasteiger partial charge in [-0.25, -0.2) is 9.50 Å². The highest BCUT2D eigenvalue weighted by Crippen LogP contribution is 2.26. The van der Waals surface area contributed by atoms with Crippen LogP contribution in [-0.2, 0) is 12.8 Å². The number of thioether (sulfide) groups is 1. The van der Waals surface area contributed by atoms with Crippen molar-refractivity contribution < 1.29 is 0 Å². The molecule has 1 saturated heterocycles. The van der Waals surface area contributed by atoms with E-state index in [1.165, 1.54) is 10.9 Å². The van der Waals surface area contributed by atoms with Crippen molar-refractivity contribution in [3.8, 4) is 0 Å². The van der Waals surface area contributed by atoms with Crippen LogP contribution in [0.4, 0.5) is 0 Å². The Kier molecular flexibility index (Phi) is 4.34. The SMILES string of the molecule is Cc1cc2nc(CSc3nnc(C4CCCNC4)n3C)cc(=O)n2[nH]1. The molecular formula is C16H21N7OS. The maximum Gasteiger partial charge on any atom is 0.272 e. The number of hydrogen-bond donors (Lipinski definition) is 2. The van der Waals surface area contributed by atoms with Crippen molar-refractivity contribution in [2.24, 2.45) is 7.05 Å². The van der Waals surface area contributed by atoms with Gasteiger partial charge in [-0.3, -0.25) is 9.89 Å². The van der Waals surface area contributed by atoms with Crippen molar-refractivity contribution >= 4 is 17.4 Å². The standard InChI is InChI=1S/C16H21N7OS/c1-10-6-13-18-12(7-14(24)23(13)21-10)9-25-16-20-19-15(22(16)2)11-4-3-5-17-8-11/h6-7,11,17,21H,3-5,8-9H2,1-2H3. The fraction of sp³-hybridized carbons (Fsp3) is 0.500. The summed E-state index contributed by atoms with van der Waals surface area (Å²) in [4.78, 5) is 16.7. The fourth-order valence-corrected chi connectivity index (χ4v) is 4.06. The molecule has 1 unspecified atom stereocenters. The lowest BCUT2D eigenvalue weighted by atomic mass is 9.99. The highest BCUT2D eigenvalue weighted by atomic mass is 32.2. The Labute approximate surface area is 149 Å². The summed E-state index contributed by atoms with van der Waals surface area (Å²) in [5.74, 6) is 2.03. The van der Waals surface area contributed by atoms with E-state index in [1.54, 1.807) is 17.8 Å². The lowest BCUT2D eigenvalue weighted by Gasteiger charge is -2.21. The quantitative estimate of drug-likeness (QED) is 0.681. The highest BCUT2D eigenvalue weighted by Gasteiger charge is 2.21. The molecule has 0 aromatic carbocycles. The van der Waals surface area contributed by atoms with Crippen molar-refractivity contribution in [3.63, 3.8) is 0 Å². The van der Waals surface area contributed by atoms with Gasteiger partial charge in [0.1, 0.15) is 5.82 Å². The summed E-state index contributed by atoms with van der Waals surface area (Å²) in [5.41, 5.74) is 2.21. The van der Waals surface area contributed by atoms with E-state index >= 15 is 0 Å². The van der Waals surface area contributed by atoms with Crippen molar-refractivity contribution in [1.29, 1.82) is 0 Å². The van der Waals surface area contributed by atoms with Gasteiger partial charge in [0.2, 0.25) is 0 Å². The number of nitrogens with one attached hydrogen (secondary N) is 2. The van der Waals surface area contributed by atoms with E-state index in [4.69, 9.17) is 0 Å². The first-order valence-corrected chi connectivity index (χ1v) is 9.41. The second-order valence-electron chi connectivity index (χ2n) is 6.45. The first-order valence-electron chi connectivity index (χ1n) is 8.43. The van der Waals surface area contributed by atoms with Gasteiger partial charge in [0.25, 0.3) is 5.56 Å². The molecule has 0 radical (unpaired) electrons. The van der Waals surface area contributed by atoms with Crippen molar-refractivity contribution in [2.45, 2.75) is 36.6 Å². The van der Waals surface area contributed by atoms with Crippen LogP contribution in [0.15, 0.2) is 22.1 Å². The highest BCUT2D eigenvalue weighted by molar-refractivity contribution is 7.98. The molecule has 1 aliphatic rings. The number of aromatic nitrogens is 6. The van der Waals surface area contributed by atoms with Gasteiger partial charge >= 0.3 is 0 Å². The first kappa shape index (κ1) is 16.3. The smallest absolute Gasteiger partial charge is 0.272 e. The molecule has 0 saturated carbocycles. The van der Waals surface area contributed by atoms with Crippen LogP contribution in [0.25, 0.3) is 5.65 Å². The molecule has 3 aromatic rings. The number of rotatable bonds is 4. The molecule has 0 amide bonds. The number of hydrogen-bond acceptors (Lipinski definition) is 6. The summed E-state index contributed by atoms with van der Waals surface area (Å²) in [6, 6.07) is 3.43. The Bertz CT molecular complexity index is 951. The summed E-state index contributed by atoms with van der Waals surface area (Å²) in [6.45, 7) is 3.94. The van der Waals surface area contributed by atoms with E-state index in [0.29, 0.717) is 17.3 Å². The van der Waals surface area contributed by atoms with Gasteiger partial charge in [-0.1, -0.05) is 11.8 Å². The Balaban J connectivity index is 1.51. The summed E-state index contributed by atoms with van der Waals surface area (Å²) in [5, 5.41) is 16.0. The average Bonchev–Trinajstić information content (AvgIpc) is 3.16. The maximum absolute atomic E-state index is 12.1. The molecule has 8 nitrogen and oxygen atoms in total. The van der Waals surface area contributed by atoms with Gasteiger partial charge in [-0.2, -0.15) is 0 Å². The number of piperidine rings is 1. The molecule has 25 heavy (non-hydrogen) atoms. The molecular weight excluding hydrogens is 338 g/mol. The van der Waals surface area contributed by atoms with Crippen LogP contribution in [0, 0.1) is 6.92 Å². The number of H-pyrrole nitrogens is 1. The molecule has 3 aromatic heterocycles. The second-order valence-corrected chi connectivity index (χ2v) is 7.39. The van der Waals surface area contributed by atoms with E-state index in [2.05, 4.69) is 30.2 Å². The van der Waals surface area contributed by atoms with E-state index in [1.807, 2.05) is 20.0 Å². The van der Waals surface area contributed by atoms with Crippen LogP contribution < -0.4 is 10.9 Å². The summed E-state index contributed by atoms with van der Waals surface area (Å²) in [6.07, 6.45) is 2.31. The number of aromatic amines is 1. The minimum Gasteiger partial charge on any atom is -0.316 e. The number of aryl methyl sites for hydroxylation is 1. The average molecular weight is 359 g/mol. The van der Waals surface area contributed by atoms with E-state index < -0.39 is 0 Å². The van der Waals surface area contributed by atoms with Crippen molar-refractivity contribution in [1.82, 2.24) is 34.7 Å². The molecule has 0 spiro atoms. The maximum atomic E-state index is 12.1. The zero-order valence-electron chi connectivity index (χ0n) is 14.3. The number of fused-ring (bicyclic) bond motifs is 1. The molecule has 4 rings (SSSR count). The molecule has 4 heterocycles. The third-order valence-corrected chi connectivity index (χ3v) is 5.57. The number of nitrogens with zero attached hydrogens (tertiary/aromatic N) is 5. The monoisotopic (exact) mass is 359 g/mol. The van der Waals surface area contributed by atoms with Gasteiger partial charge in [0, 0.05) is 43.1 Å². The van der Waals surface area contributed by atoms with Gasteiger partial charge in [0.05, 0.1) is 5.69 Å². The molecule has 1 fully saturated rings. The van der Waals surface area contributed by atoms with Crippen LogP contribution in [-0.4, -0.2) is 42.5 Å². The molecule has 132 valence electrons. The minimum atomic E-state index is -0.0966. The lowest BCUT2D eigenvalue weighted by molar-refractivity contribution is 0.436. The Morgan fingerprint density at radius 1 is 1.36 bits per heavy atom. The van der Waals surface area contributed by atoms with Gasteiger partial charge in [0.15, 0.2) is 10.8 Å². The lowest BCUT2D eigenvalue weighted by Crippen LogP contribution is -2.29. The summed E-state index contributed by atoms with van der Waals surface area (Å²) in [7, 11) is 2.01. The Morgan fingerprint density at radius 2 is 2.24 bits per heavy atom. The predicted molar refractivity (Wildman–Crippen MR) is 96.0 cm³/mol. The van der Waals surface area contributed by atoms with Crippen LogP contribution >= 0.6 is 11.8 Å². The normalized spacial score (nSPS) is 18.1. The zero-order chi connectivity index (χ0) is 17.4. The Hall–Kier alpha value is -2.13. The van der Waals surface area contributed by atoms with Crippen LogP contribution in [0.1, 0.15) is 36.0 Å². The molecule has 0 aliphatic carbocycles. The predicted octanol–water partition coefficient (Wildman–Crippen LogP) is 1.22. The Morgan fingerprint density at radius 3 is 3.04 bits per heavy atom. The largest absolute Gasteiger partial charge is 0.316 e. The summed E-state index contributed by atoms with van der Waals surface area (Å²) < 4.78 is 3.52. The van der Waals surface area contributed by atoms with Crippen molar-refractivity contribution in [3.05, 3.63) is 39.7 Å². The van der Waals surface area contributed by atoms with Crippen LogP contribution in [0.5, 0.6) is 0 Å². The summed E-state index contributed by atoms with van der Waals surface area (Å²) >= 11 is 1.56. The molecule has 0 bridgehead atoms. The minimum absolute atomic E-state index is 0.0966. The van der Waals surface area contributed by atoms with E-state index in [0.717, 1.165) is 41.9 Å². The second kappa shape index (κ2) is 6.64. The molecule has 9 heteroatoms. The fourth-order valence-electron chi connectivity index (χ4n) is 3.25. The first-order chi connectivity index (χ1) is 12.1. The van der Waals surface area contributed by atoms with Gasteiger partial charge in [-0.15, -0.1) is 10.2 Å². The van der Waals surface area contributed by atoms with Gasteiger partial charge in [-0.05, 0) is 26.3 Å². The third-order valence-electron chi connectivity index (χ3n) is 4.51. The van der Waals surface area contributed by atoms with Crippen LogP contribution in [0.3, 0.4) is 0 Å². The van der Waals surface area contributed by atoms with Crippen LogP contribution in [0.2, 0.25) is 0 Å². The topological polar surface area (TPSA) is 92.9 Å². The zero-order valence-corrected chi connectivity index (χ0v) is 15.1. The van der Waals surface area contributed by atoms with E-state index in [9.17, 15) is 4.79 Å². The molecule has 2 N–H and O–H groups in total.